The quantitative estimate of drug-likeness (QED) is 0.668. The number of thioether (sulfide) groups is 1. The Hall–Kier alpha value is -2.44. The number of carboxylic acid groups (broad SMARTS) is 1. The van der Waals surface area contributed by atoms with Crippen LogP contribution in [0.1, 0.15) is 21.5 Å². The molecule has 2 aromatic rings. The molecule has 0 radical (unpaired) electrons. The number of hydrogen-bond acceptors (Lipinski definition) is 4. The standard InChI is InChI=1S/C18H13NO3S2/c20-16-15(10-13-8-4-5-9-14(13)17(21)22)24-18(23)19(16)11-12-6-2-1-3-7-12/h1-10H,11H2,(H,21,22)/b15-10-. The summed E-state index contributed by atoms with van der Waals surface area (Å²) in [5, 5.41) is 9.25. The lowest BCUT2D eigenvalue weighted by Gasteiger charge is -2.14. The molecule has 1 N–H and O–H groups in total. The zero-order valence-electron chi connectivity index (χ0n) is 12.5. The molecule has 120 valence electrons. The first-order valence-electron chi connectivity index (χ1n) is 7.18. The van der Waals surface area contributed by atoms with Gasteiger partial charge < -0.3 is 5.11 Å². The van der Waals surface area contributed by atoms with Crippen LogP contribution < -0.4 is 0 Å². The number of carbonyl (C=O) groups excluding carboxylic acids is 1. The van der Waals surface area contributed by atoms with Gasteiger partial charge in [-0.3, -0.25) is 9.69 Å². The Labute approximate surface area is 148 Å². The largest absolute Gasteiger partial charge is 0.478 e. The van der Waals surface area contributed by atoms with Crippen molar-refractivity contribution < 1.29 is 14.7 Å². The lowest BCUT2D eigenvalue weighted by Crippen LogP contribution is -2.27. The Morgan fingerprint density at radius 2 is 1.79 bits per heavy atom. The van der Waals surface area contributed by atoms with Crippen molar-refractivity contribution in [1.82, 2.24) is 4.90 Å². The van der Waals surface area contributed by atoms with Crippen LogP contribution in [0.15, 0.2) is 59.5 Å². The fraction of sp³-hybridized carbons (Fsp3) is 0.0556. The number of hydrogen-bond donors (Lipinski definition) is 1. The van der Waals surface area contributed by atoms with E-state index in [2.05, 4.69) is 0 Å². The monoisotopic (exact) mass is 355 g/mol. The Bertz CT molecular complexity index is 846. The number of thiocarbonyl (C=S) groups is 1. The van der Waals surface area contributed by atoms with Crippen LogP contribution in [0.5, 0.6) is 0 Å². The van der Waals surface area contributed by atoms with Crippen LogP contribution in [0.4, 0.5) is 0 Å². The minimum Gasteiger partial charge on any atom is -0.478 e. The molecule has 1 aliphatic rings. The van der Waals surface area contributed by atoms with Gasteiger partial charge in [0.05, 0.1) is 17.0 Å². The summed E-state index contributed by atoms with van der Waals surface area (Å²) in [4.78, 5) is 25.9. The van der Waals surface area contributed by atoms with Crippen LogP contribution >= 0.6 is 24.0 Å². The third-order valence-corrected chi connectivity index (χ3v) is 4.91. The van der Waals surface area contributed by atoms with Crippen molar-refractivity contribution in [1.29, 1.82) is 0 Å². The summed E-state index contributed by atoms with van der Waals surface area (Å²) in [5.74, 6) is -1.23. The third kappa shape index (κ3) is 3.39. The molecule has 1 amide bonds. The third-order valence-electron chi connectivity index (χ3n) is 3.53. The van der Waals surface area contributed by atoms with Gasteiger partial charge in [0.2, 0.25) is 0 Å². The first kappa shape index (κ1) is 16.4. The first-order valence-corrected chi connectivity index (χ1v) is 8.40. The molecule has 0 saturated carbocycles. The lowest BCUT2D eigenvalue weighted by atomic mass is 10.1. The van der Waals surface area contributed by atoms with Crippen molar-refractivity contribution in [2.45, 2.75) is 6.54 Å². The van der Waals surface area contributed by atoms with Crippen molar-refractivity contribution >= 4 is 46.3 Å². The van der Waals surface area contributed by atoms with Crippen molar-refractivity contribution in [3.63, 3.8) is 0 Å². The van der Waals surface area contributed by atoms with Crippen molar-refractivity contribution in [2.24, 2.45) is 0 Å². The summed E-state index contributed by atoms with van der Waals surface area (Å²) in [6, 6.07) is 16.2. The summed E-state index contributed by atoms with van der Waals surface area (Å²) in [6.07, 6.45) is 1.59. The maximum absolute atomic E-state index is 12.6. The van der Waals surface area contributed by atoms with Crippen molar-refractivity contribution in [3.05, 3.63) is 76.2 Å². The second kappa shape index (κ2) is 6.98. The summed E-state index contributed by atoms with van der Waals surface area (Å²) >= 11 is 6.50. The average Bonchev–Trinajstić information content (AvgIpc) is 2.84. The Balaban J connectivity index is 1.88. The summed E-state index contributed by atoms with van der Waals surface area (Å²) < 4.78 is 0.475. The number of carbonyl (C=O) groups is 2. The van der Waals surface area contributed by atoms with Gasteiger partial charge in [0.1, 0.15) is 4.32 Å². The molecule has 0 unspecified atom stereocenters. The van der Waals surface area contributed by atoms with Gasteiger partial charge in [-0.1, -0.05) is 72.5 Å². The molecule has 1 heterocycles. The average molecular weight is 355 g/mol. The van der Waals surface area contributed by atoms with E-state index in [-0.39, 0.29) is 11.5 Å². The zero-order chi connectivity index (χ0) is 17.1. The highest BCUT2D eigenvalue weighted by atomic mass is 32.2. The van der Waals surface area contributed by atoms with E-state index in [1.54, 1.807) is 24.3 Å². The molecule has 4 nitrogen and oxygen atoms in total. The lowest BCUT2D eigenvalue weighted by molar-refractivity contribution is -0.122. The van der Waals surface area contributed by atoms with E-state index in [0.717, 1.165) is 5.56 Å². The van der Waals surface area contributed by atoms with Gasteiger partial charge in [0.25, 0.3) is 5.91 Å². The molecule has 3 rings (SSSR count). The number of benzene rings is 2. The van der Waals surface area contributed by atoms with Gasteiger partial charge in [0.15, 0.2) is 0 Å². The highest BCUT2D eigenvalue weighted by molar-refractivity contribution is 8.26. The number of amides is 1. The molecule has 1 fully saturated rings. The van der Waals surface area contributed by atoms with E-state index in [9.17, 15) is 14.7 Å². The SMILES string of the molecule is O=C(O)c1ccccc1/C=C1\SC(=S)N(Cc2ccccc2)C1=O. The number of carboxylic acids is 1. The molecular formula is C18H13NO3S2. The topological polar surface area (TPSA) is 57.6 Å². The smallest absolute Gasteiger partial charge is 0.336 e. The first-order chi connectivity index (χ1) is 11.6. The molecule has 0 aliphatic carbocycles. The Morgan fingerprint density at radius 3 is 2.50 bits per heavy atom. The Kier molecular flexibility index (Phi) is 4.78. The van der Waals surface area contributed by atoms with Gasteiger partial charge in [-0.15, -0.1) is 0 Å². The van der Waals surface area contributed by atoms with Gasteiger partial charge in [0, 0.05) is 0 Å². The normalized spacial score (nSPS) is 16.0. The van der Waals surface area contributed by atoms with Gasteiger partial charge in [-0.25, -0.2) is 4.79 Å². The minimum absolute atomic E-state index is 0.158. The summed E-state index contributed by atoms with van der Waals surface area (Å²) in [6.45, 7) is 0.406. The number of aromatic carboxylic acids is 1. The molecule has 24 heavy (non-hydrogen) atoms. The maximum Gasteiger partial charge on any atom is 0.336 e. The van der Waals surface area contributed by atoms with E-state index in [1.807, 2.05) is 30.3 Å². The fourth-order valence-electron chi connectivity index (χ4n) is 2.36. The predicted molar refractivity (Wildman–Crippen MR) is 98.6 cm³/mol. The van der Waals surface area contributed by atoms with Crippen molar-refractivity contribution in [2.75, 3.05) is 0 Å². The van der Waals surface area contributed by atoms with Crippen LogP contribution in [-0.2, 0) is 11.3 Å². The van der Waals surface area contributed by atoms with E-state index >= 15 is 0 Å². The second-order valence-corrected chi connectivity index (χ2v) is 6.82. The van der Waals surface area contributed by atoms with Gasteiger partial charge in [-0.2, -0.15) is 0 Å². The van der Waals surface area contributed by atoms with Crippen LogP contribution in [0, 0.1) is 0 Å². The second-order valence-electron chi connectivity index (χ2n) is 5.15. The van der Waals surface area contributed by atoms with Crippen LogP contribution in [-0.4, -0.2) is 26.2 Å². The van der Waals surface area contributed by atoms with E-state index in [0.29, 0.717) is 21.3 Å². The minimum atomic E-state index is -1.03. The molecule has 2 aromatic carbocycles. The summed E-state index contributed by atoms with van der Waals surface area (Å²) in [7, 11) is 0. The highest BCUT2D eigenvalue weighted by Gasteiger charge is 2.32. The number of rotatable bonds is 4. The highest BCUT2D eigenvalue weighted by Crippen LogP contribution is 2.34. The molecule has 6 heteroatoms. The van der Waals surface area contributed by atoms with Crippen LogP contribution in [0.3, 0.4) is 0 Å². The van der Waals surface area contributed by atoms with E-state index < -0.39 is 5.97 Å². The van der Waals surface area contributed by atoms with E-state index in [4.69, 9.17) is 12.2 Å². The van der Waals surface area contributed by atoms with Gasteiger partial charge >= 0.3 is 5.97 Å². The van der Waals surface area contributed by atoms with Crippen molar-refractivity contribution in [3.8, 4) is 0 Å². The maximum atomic E-state index is 12.6. The zero-order valence-corrected chi connectivity index (χ0v) is 14.1. The molecular weight excluding hydrogens is 342 g/mol. The van der Waals surface area contributed by atoms with Gasteiger partial charge in [-0.05, 0) is 23.3 Å². The molecule has 1 aliphatic heterocycles. The molecule has 0 aromatic heterocycles. The molecule has 0 spiro atoms. The van der Waals surface area contributed by atoms with E-state index in [1.165, 1.54) is 22.7 Å². The summed E-state index contributed by atoms with van der Waals surface area (Å²) in [5.41, 5.74) is 1.64. The molecule has 1 saturated heterocycles. The Morgan fingerprint density at radius 1 is 1.12 bits per heavy atom. The molecule has 0 bridgehead atoms. The van der Waals surface area contributed by atoms with Crippen LogP contribution in [0.2, 0.25) is 0 Å². The number of nitrogens with zero attached hydrogens (tertiary/aromatic N) is 1. The molecule has 0 atom stereocenters. The fourth-order valence-corrected chi connectivity index (χ4v) is 3.61. The predicted octanol–water partition coefficient (Wildman–Crippen LogP) is 3.79. The van der Waals surface area contributed by atoms with Crippen LogP contribution in [0.25, 0.3) is 6.08 Å².